The highest BCUT2D eigenvalue weighted by molar-refractivity contribution is 6.00. The highest BCUT2D eigenvalue weighted by Gasteiger charge is 2.70. The summed E-state index contributed by atoms with van der Waals surface area (Å²) in [5.41, 5.74) is 0.700. The summed E-state index contributed by atoms with van der Waals surface area (Å²) in [5, 5.41) is 22.6. The van der Waals surface area contributed by atoms with E-state index in [1.54, 1.807) is 0 Å². The molecule has 5 aliphatic rings. The summed E-state index contributed by atoms with van der Waals surface area (Å²) in [6, 6.07) is 0. The number of carbonyl (C=O) groups is 2. The maximum atomic E-state index is 13.6. The third-order valence-corrected chi connectivity index (χ3v) is 12.0. The summed E-state index contributed by atoms with van der Waals surface area (Å²) < 4.78 is 5.66. The van der Waals surface area contributed by atoms with Crippen molar-refractivity contribution in [2.75, 3.05) is 0 Å². The van der Waals surface area contributed by atoms with E-state index >= 15 is 0 Å². The molecule has 0 amide bonds. The molecule has 5 heteroatoms. The van der Waals surface area contributed by atoms with Crippen LogP contribution >= 0.6 is 0 Å². The predicted octanol–water partition coefficient (Wildman–Crippen LogP) is 5.02. The van der Waals surface area contributed by atoms with E-state index in [9.17, 15) is 19.8 Å². The van der Waals surface area contributed by atoms with Crippen molar-refractivity contribution in [1.82, 2.24) is 0 Å². The lowest BCUT2D eigenvalue weighted by Crippen LogP contribution is -2.65. The molecule has 1 aliphatic heterocycles. The molecule has 35 heavy (non-hydrogen) atoms. The van der Waals surface area contributed by atoms with Crippen molar-refractivity contribution in [3.8, 4) is 0 Å². The Kier molecular flexibility index (Phi) is 5.49. The number of aliphatic hydroxyl groups excluding tert-OH is 2. The van der Waals surface area contributed by atoms with Crippen molar-refractivity contribution in [2.24, 2.45) is 39.4 Å². The van der Waals surface area contributed by atoms with Crippen LogP contribution in [0.3, 0.4) is 0 Å². The first-order valence-corrected chi connectivity index (χ1v) is 13.8. The molecule has 0 aromatic carbocycles. The van der Waals surface area contributed by atoms with Crippen LogP contribution in [-0.2, 0) is 14.3 Å². The highest BCUT2D eigenvalue weighted by Crippen LogP contribution is 2.73. The van der Waals surface area contributed by atoms with Crippen molar-refractivity contribution in [3.63, 3.8) is 0 Å². The minimum absolute atomic E-state index is 0.0589. The summed E-state index contributed by atoms with van der Waals surface area (Å²) in [6.07, 6.45) is 3.52. The lowest BCUT2D eigenvalue weighted by atomic mass is 9.36. The van der Waals surface area contributed by atoms with Crippen molar-refractivity contribution in [1.29, 1.82) is 0 Å². The van der Waals surface area contributed by atoms with Crippen LogP contribution in [0.5, 0.6) is 0 Å². The maximum absolute atomic E-state index is 13.6. The Morgan fingerprint density at radius 1 is 1.06 bits per heavy atom. The van der Waals surface area contributed by atoms with Crippen LogP contribution in [0, 0.1) is 39.4 Å². The number of ether oxygens (including phenoxy) is 1. The van der Waals surface area contributed by atoms with Gasteiger partial charge in [-0.2, -0.15) is 0 Å². The summed E-state index contributed by atoms with van der Waals surface area (Å²) in [6.45, 7) is 17.2. The molecule has 3 saturated carbocycles. The van der Waals surface area contributed by atoms with E-state index in [-0.39, 0.29) is 56.9 Å². The van der Waals surface area contributed by atoms with Crippen LogP contribution < -0.4 is 0 Å². The van der Waals surface area contributed by atoms with E-state index in [4.69, 9.17) is 4.74 Å². The molecule has 1 saturated heterocycles. The fourth-order valence-corrected chi connectivity index (χ4v) is 9.98. The Morgan fingerprint density at radius 2 is 1.69 bits per heavy atom. The van der Waals surface area contributed by atoms with E-state index < -0.39 is 12.2 Å². The Bertz CT molecular complexity index is 993. The number of carbonyl (C=O) groups excluding carboxylic acids is 2. The fraction of sp³-hybridized carbons (Fsp3) is 0.867. The summed E-state index contributed by atoms with van der Waals surface area (Å²) >= 11 is 0. The van der Waals surface area contributed by atoms with Gasteiger partial charge in [0.15, 0.2) is 5.78 Å². The highest BCUT2D eigenvalue weighted by atomic mass is 16.6. The lowest BCUT2D eigenvalue weighted by molar-refractivity contribution is -0.208. The van der Waals surface area contributed by atoms with Crippen LogP contribution in [0.15, 0.2) is 11.1 Å². The number of aliphatic hydroxyl groups is 2. The number of rotatable bonds is 4. The topological polar surface area (TPSA) is 87.1 Å². The van der Waals surface area contributed by atoms with Gasteiger partial charge in [0.2, 0.25) is 0 Å². The number of fused-ring (bicyclic) bond motifs is 5. The van der Waals surface area contributed by atoms with Gasteiger partial charge in [0.1, 0.15) is 11.9 Å². The number of epoxide rings is 1. The average Bonchev–Trinajstić information content (AvgIpc) is 3.28. The van der Waals surface area contributed by atoms with Crippen molar-refractivity contribution < 1.29 is 24.5 Å². The lowest BCUT2D eigenvalue weighted by Gasteiger charge is -2.68. The van der Waals surface area contributed by atoms with Crippen LogP contribution in [0.25, 0.3) is 0 Å². The minimum Gasteiger partial charge on any atom is -0.392 e. The van der Waals surface area contributed by atoms with Crippen molar-refractivity contribution in [2.45, 2.75) is 124 Å². The van der Waals surface area contributed by atoms with Crippen molar-refractivity contribution >= 4 is 11.6 Å². The zero-order valence-corrected chi connectivity index (χ0v) is 23.0. The number of hydrogen-bond donors (Lipinski definition) is 2. The van der Waals surface area contributed by atoms with Crippen LogP contribution in [-0.4, -0.2) is 45.7 Å². The quantitative estimate of drug-likeness (QED) is 0.545. The standard InChI is InChI=1S/C30H46O5/c1-16(13-19(32)25-27(4,5)35-25)23-17-14-18(31)24-28(6)11-10-22(34)26(2,3)21(28)9-12-29(24,7)30(17,8)15-20(23)33/h16,18-19,21,24-25,31-32H,9-15H2,1-8H3/t16?,18-,19-,21-,24-,25+,28-,29-,30-/m0/s1. The van der Waals surface area contributed by atoms with Gasteiger partial charge in [-0.05, 0) is 80.1 Å². The molecule has 0 bridgehead atoms. The van der Waals surface area contributed by atoms with Gasteiger partial charge in [-0.1, -0.05) is 47.1 Å². The molecule has 5 rings (SSSR count). The van der Waals surface area contributed by atoms with Gasteiger partial charge in [0.25, 0.3) is 0 Å². The van der Waals surface area contributed by atoms with E-state index in [0.717, 1.165) is 30.4 Å². The Labute approximate surface area is 211 Å². The molecule has 196 valence electrons. The molecule has 1 heterocycles. The first-order chi connectivity index (χ1) is 16.0. The number of ketones is 2. The molecule has 2 N–H and O–H groups in total. The third kappa shape index (κ3) is 3.29. The molecule has 4 aliphatic carbocycles. The van der Waals surface area contributed by atoms with Gasteiger partial charge >= 0.3 is 0 Å². The van der Waals surface area contributed by atoms with E-state index in [0.29, 0.717) is 31.5 Å². The van der Waals surface area contributed by atoms with Gasteiger partial charge in [-0.3, -0.25) is 9.59 Å². The average molecular weight is 487 g/mol. The summed E-state index contributed by atoms with van der Waals surface area (Å²) in [5.74, 6) is 0.793. The van der Waals surface area contributed by atoms with Gasteiger partial charge in [-0.25, -0.2) is 0 Å². The Morgan fingerprint density at radius 3 is 2.29 bits per heavy atom. The molecular formula is C30H46O5. The predicted molar refractivity (Wildman–Crippen MR) is 135 cm³/mol. The van der Waals surface area contributed by atoms with Crippen LogP contribution in [0.4, 0.5) is 0 Å². The van der Waals surface area contributed by atoms with Crippen LogP contribution in [0.2, 0.25) is 0 Å². The molecule has 0 spiro atoms. The molecule has 5 nitrogen and oxygen atoms in total. The second-order valence-corrected chi connectivity index (χ2v) is 14.6. The number of hydrogen-bond acceptors (Lipinski definition) is 5. The SMILES string of the molecule is CC(C[C@H](O)[C@H]1OC1(C)C)C1=C2C[C@H](O)[C@H]3[C@@]4(C)CCC(=O)C(C)(C)[C@@H]4CC[C@]3(C)[C@@]2(C)CC1=O. The first-order valence-electron chi connectivity index (χ1n) is 13.8. The zero-order chi connectivity index (χ0) is 25.9. The van der Waals surface area contributed by atoms with Crippen molar-refractivity contribution in [3.05, 3.63) is 11.1 Å². The zero-order valence-electron chi connectivity index (χ0n) is 23.0. The summed E-state index contributed by atoms with van der Waals surface area (Å²) in [7, 11) is 0. The second kappa shape index (κ2) is 7.51. The first kappa shape index (κ1) is 25.6. The van der Waals surface area contributed by atoms with Gasteiger partial charge in [-0.15, -0.1) is 0 Å². The molecule has 0 aromatic rings. The molecule has 0 aromatic heterocycles. The largest absolute Gasteiger partial charge is 0.392 e. The van der Waals surface area contributed by atoms with Gasteiger partial charge in [0.05, 0.1) is 17.8 Å². The van der Waals surface area contributed by atoms with Gasteiger partial charge < -0.3 is 14.9 Å². The van der Waals surface area contributed by atoms with Crippen LogP contribution in [0.1, 0.15) is 100 Å². The summed E-state index contributed by atoms with van der Waals surface area (Å²) in [4.78, 5) is 26.5. The smallest absolute Gasteiger partial charge is 0.160 e. The maximum Gasteiger partial charge on any atom is 0.160 e. The van der Waals surface area contributed by atoms with E-state index in [1.807, 2.05) is 13.8 Å². The molecule has 4 fully saturated rings. The second-order valence-electron chi connectivity index (χ2n) is 14.6. The fourth-order valence-electron chi connectivity index (χ4n) is 9.98. The monoisotopic (exact) mass is 486 g/mol. The molecular weight excluding hydrogens is 440 g/mol. The molecule has 9 atom stereocenters. The Hall–Kier alpha value is -1.04. The van der Waals surface area contributed by atoms with E-state index in [1.165, 1.54) is 0 Å². The molecule has 0 radical (unpaired) electrons. The normalized spacial score (nSPS) is 47.6. The Balaban J connectivity index is 1.51. The third-order valence-electron chi connectivity index (χ3n) is 12.0. The number of allylic oxidation sites excluding steroid dienone is 1. The minimum atomic E-state index is -0.596. The molecule has 1 unspecified atom stereocenters. The van der Waals surface area contributed by atoms with Gasteiger partial charge in [0, 0.05) is 23.7 Å². The number of Topliss-reactive ketones (excluding diaryl/α,β-unsaturated/α-hetero) is 2. The van der Waals surface area contributed by atoms with E-state index in [2.05, 4.69) is 41.5 Å².